The number of halogens is 1. The van der Waals surface area contributed by atoms with Crippen LogP contribution >= 0.6 is 15.9 Å². The Morgan fingerprint density at radius 3 is 2.16 bits per heavy atom. The molecule has 0 atom stereocenters. The number of nitrogens with zero attached hydrogens (tertiary/aromatic N) is 2. The van der Waals surface area contributed by atoms with Gasteiger partial charge in [0.05, 0.1) is 0 Å². The molecule has 5 heteroatoms. The van der Waals surface area contributed by atoms with Gasteiger partial charge in [0, 0.05) is 15.6 Å². The Morgan fingerprint density at radius 2 is 1.53 bits per heavy atom. The lowest BCUT2D eigenvalue weighted by molar-refractivity contribution is 0.475. The SMILES string of the molecule is Oc1cccc(-c2nnc(-c3cccc(Br)c3)o2)c1. The average molecular weight is 317 g/mol. The molecule has 0 bridgehead atoms. The Bertz CT molecular complexity index is 665. The molecule has 19 heavy (non-hydrogen) atoms. The number of rotatable bonds is 2. The Morgan fingerprint density at radius 1 is 0.895 bits per heavy atom. The van der Waals surface area contributed by atoms with E-state index in [4.69, 9.17) is 4.42 Å². The second-order valence-electron chi connectivity index (χ2n) is 3.97. The summed E-state index contributed by atoms with van der Waals surface area (Å²) in [6, 6.07) is 14.3. The van der Waals surface area contributed by atoms with Crippen LogP contribution in [0.2, 0.25) is 0 Å². The van der Waals surface area contributed by atoms with Crippen LogP contribution in [0.4, 0.5) is 0 Å². The van der Waals surface area contributed by atoms with Crippen LogP contribution in [0, 0.1) is 0 Å². The molecular weight excluding hydrogens is 308 g/mol. The summed E-state index contributed by atoms with van der Waals surface area (Å²) in [6.07, 6.45) is 0. The van der Waals surface area contributed by atoms with Crippen LogP contribution < -0.4 is 0 Å². The summed E-state index contributed by atoms with van der Waals surface area (Å²) in [5.74, 6) is 0.991. The van der Waals surface area contributed by atoms with Crippen LogP contribution in [0.1, 0.15) is 0 Å². The molecule has 0 saturated heterocycles. The van der Waals surface area contributed by atoms with E-state index in [1.54, 1.807) is 24.3 Å². The zero-order chi connectivity index (χ0) is 13.2. The number of hydrogen-bond acceptors (Lipinski definition) is 4. The first-order chi connectivity index (χ1) is 9.22. The normalized spacial score (nSPS) is 10.6. The molecule has 0 aliphatic heterocycles. The number of aromatic nitrogens is 2. The molecule has 1 heterocycles. The third-order valence-corrected chi connectivity index (χ3v) is 3.08. The maximum Gasteiger partial charge on any atom is 0.248 e. The quantitative estimate of drug-likeness (QED) is 0.779. The maximum absolute atomic E-state index is 9.44. The molecular formula is C14H9BrN2O2. The van der Waals surface area contributed by atoms with Gasteiger partial charge in [-0.3, -0.25) is 0 Å². The second kappa shape index (κ2) is 4.85. The summed E-state index contributed by atoms with van der Waals surface area (Å²) in [5, 5.41) is 17.4. The molecule has 0 spiro atoms. The Hall–Kier alpha value is -2.14. The Labute approximate surface area is 117 Å². The number of hydrogen-bond donors (Lipinski definition) is 1. The van der Waals surface area contributed by atoms with Crippen molar-refractivity contribution < 1.29 is 9.52 Å². The smallest absolute Gasteiger partial charge is 0.248 e. The van der Waals surface area contributed by atoms with E-state index in [0.29, 0.717) is 17.3 Å². The van der Waals surface area contributed by atoms with E-state index < -0.39 is 0 Å². The minimum Gasteiger partial charge on any atom is -0.508 e. The van der Waals surface area contributed by atoms with E-state index in [2.05, 4.69) is 26.1 Å². The van der Waals surface area contributed by atoms with Crippen LogP contribution in [-0.4, -0.2) is 15.3 Å². The maximum atomic E-state index is 9.44. The molecule has 3 rings (SSSR count). The number of phenolic OH excluding ortho intramolecular Hbond substituents is 1. The topological polar surface area (TPSA) is 59.2 Å². The molecule has 1 N–H and O–H groups in total. The fourth-order valence-electron chi connectivity index (χ4n) is 1.72. The van der Waals surface area contributed by atoms with Crippen LogP contribution in [-0.2, 0) is 0 Å². The van der Waals surface area contributed by atoms with Crippen molar-refractivity contribution in [1.82, 2.24) is 10.2 Å². The summed E-state index contributed by atoms with van der Waals surface area (Å²) < 4.78 is 6.56. The van der Waals surface area contributed by atoms with E-state index in [0.717, 1.165) is 10.0 Å². The molecule has 3 aromatic rings. The van der Waals surface area contributed by atoms with Crippen molar-refractivity contribution in [3.8, 4) is 28.7 Å². The first kappa shape index (κ1) is 11.9. The van der Waals surface area contributed by atoms with Crippen LogP contribution in [0.25, 0.3) is 22.9 Å². The van der Waals surface area contributed by atoms with Gasteiger partial charge in [0.1, 0.15) is 5.75 Å². The fraction of sp³-hybridized carbons (Fsp3) is 0. The van der Waals surface area contributed by atoms with Crippen molar-refractivity contribution in [3.63, 3.8) is 0 Å². The van der Waals surface area contributed by atoms with Gasteiger partial charge < -0.3 is 9.52 Å². The average Bonchev–Trinajstić information content (AvgIpc) is 2.88. The summed E-state index contributed by atoms with van der Waals surface area (Å²) >= 11 is 3.40. The van der Waals surface area contributed by atoms with Crippen LogP contribution in [0.15, 0.2) is 57.4 Å². The van der Waals surface area contributed by atoms with Crippen LogP contribution in [0.5, 0.6) is 5.75 Å². The van der Waals surface area contributed by atoms with Crippen LogP contribution in [0.3, 0.4) is 0 Å². The van der Waals surface area contributed by atoms with E-state index >= 15 is 0 Å². The molecule has 0 fully saturated rings. The highest BCUT2D eigenvalue weighted by atomic mass is 79.9. The molecule has 0 unspecified atom stereocenters. The van der Waals surface area contributed by atoms with Crippen molar-refractivity contribution in [3.05, 3.63) is 53.0 Å². The molecule has 4 nitrogen and oxygen atoms in total. The summed E-state index contributed by atoms with van der Waals surface area (Å²) in [4.78, 5) is 0. The van der Waals surface area contributed by atoms with Crippen molar-refractivity contribution >= 4 is 15.9 Å². The van der Waals surface area contributed by atoms with Gasteiger partial charge in [-0.15, -0.1) is 10.2 Å². The predicted octanol–water partition coefficient (Wildman–Crippen LogP) is 3.87. The summed E-state index contributed by atoms with van der Waals surface area (Å²) in [7, 11) is 0. The Balaban J connectivity index is 2.00. The largest absolute Gasteiger partial charge is 0.508 e. The predicted molar refractivity (Wildman–Crippen MR) is 74.5 cm³/mol. The van der Waals surface area contributed by atoms with Crippen molar-refractivity contribution in [1.29, 1.82) is 0 Å². The van der Waals surface area contributed by atoms with E-state index in [1.165, 1.54) is 0 Å². The van der Waals surface area contributed by atoms with Gasteiger partial charge in [0.15, 0.2) is 0 Å². The first-order valence-corrected chi connectivity index (χ1v) is 6.40. The van der Waals surface area contributed by atoms with Crippen molar-refractivity contribution in [2.24, 2.45) is 0 Å². The standard InChI is InChI=1S/C14H9BrN2O2/c15-11-5-1-3-9(7-11)13-16-17-14(19-13)10-4-2-6-12(18)8-10/h1-8,18H. The number of aromatic hydroxyl groups is 1. The van der Waals surface area contributed by atoms with Gasteiger partial charge >= 0.3 is 0 Å². The molecule has 0 aliphatic carbocycles. The highest BCUT2D eigenvalue weighted by Crippen LogP contribution is 2.27. The minimum atomic E-state index is 0.166. The number of benzene rings is 2. The summed E-state index contributed by atoms with van der Waals surface area (Å²) in [6.45, 7) is 0. The third-order valence-electron chi connectivity index (χ3n) is 2.59. The van der Waals surface area contributed by atoms with E-state index in [-0.39, 0.29) is 5.75 Å². The zero-order valence-corrected chi connectivity index (χ0v) is 11.3. The third kappa shape index (κ3) is 2.51. The molecule has 0 saturated carbocycles. The fourth-order valence-corrected chi connectivity index (χ4v) is 2.12. The molecule has 1 aromatic heterocycles. The van der Waals surface area contributed by atoms with Crippen molar-refractivity contribution in [2.75, 3.05) is 0 Å². The minimum absolute atomic E-state index is 0.166. The second-order valence-corrected chi connectivity index (χ2v) is 4.89. The molecule has 2 aromatic carbocycles. The van der Waals surface area contributed by atoms with Gasteiger partial charge in [0.25, 0.3) is 0 Å². The van der Waals surface area contributed by atoms with Gasteiger partial charge in [-0.2, -0.15) is 0 Å². The van der Waals surface area contributed by atoms with Gasteiger partial charge in [-0.1, -0.05) is 28.1 Å². The highest BCUT2D eigenvalue weighted by Gasteiger charge is 2.10. The highest BCUT2D eigenvalue weighted by molar-refractivity contribution is 9.10. The lowest BCUT2D eigenvalue weighted by Gasteiger charge is -1.96. The number of phenols is 1. The van der Waals surface area contributed by atoms with Gasteiger partial charge in [0.2, 0.25) is 11.8 Å². The molecule has 94 valence electrons. The van der Waals surface area contributed by atoms with Gasteiger partial charge in [-0.25, -0.2) is 0 Å². The lowest BCUT2D eigenvalue weighted by atomic mass is 10.2. The zero-order valence-electron chi connectivity index (χ0n) is 9.75. The van der Waals surface area contributed by atoms with E-state index in [1.807, 2.05) is 24.3 Å². The molecule has 0 amide bonds. The van der Waals surface area contributed by atoms with Gasteiger partial charge in [-0.05, 0) is 36.4 Å². The lowest BCUT2D eigenvalue weighted by Crippen LogP contribution is -1.77. The molecule has 0 aliphatic rings. The summed E-state index contributed by atoms with van der Waals surface area (Å²) in [5.41, 5.74) is 1.53. The molecule has 0 radical (unpaired) electrons. The monoisotopic (exact) mass is 316 g/mol. The first-order valence-electron chi connectivity index (χ1n) is 5.61. The Kier molecular flexibility index (Phi) is 3.05. The van der Waals surface area contributed by atoms with E-state index in [9.17, 15) is 5.11 Å². The van der Waals surface area contributed by atoms with Crippen molar-refractivity contribution in [2.45, 2.75) is 0 Å².